The molecule has 1 saturated carbocycles. The summed E-state index contributed by atoms with van der Waals surface area (Å²) >= 11 is 5.99. The Labute approximate surface area is 114 Å². The molecule has 2 nitrogen and oxygen atoms in total. The molecule has 4 N–H and O–H groups in total. The van der Waals surface area contributed by atoms with Gasteiger partial charge >= 0.3 is 0 Å². The molecule has 1 fully saturated rings. The molecule has 1 aromatic rings. The van der Waals surface area contributed by atoms with Crippen molar-refractivity contribution in [3.63, 3.8) is 0 Å². The number of nitrogen functional groups attached to an aromatic ring is 1. The van der Waals surface area contributed by atoms with Crippen molar-refractivity contribution in [1.29, 1.82) is 0 Å². The first kappa shape index (κ1) is 14.6. The van der Waals surface area contributed by atoms with Crippen LogP contribution >= 0.6 is 24.0 Å². The maximum Gasteiger partial charge on any atom is 0.0410 e. The number of anilines is 1. The number of benzene rings is 1. The van der Waals surface area contributed by atoms with Crippen molar-refractivity contribution in [2.45, 2.75) is 38.1 Å². The first-order valence-electron chi connectivity index (χ1n) is 5.99. The van der Waals surface area contributed by atoms with E-state index in [0.717, 1.165) is 16.3 Å². The quantitative estimate of drug-likeness (QED) is 0.803. The Bertz CT molecular complexity index is 362. The van der Waals surface area contributed by atoms with Crippen molar-refractivity contribution in [2.75, 3.05) is 5.73 Å². The van der Waals surface area contributed by atoms with Crippen molar-refractivity contribution < 1.29 is 0 Å². The summed E-state index contributed by atoms with van der Waals surface area (Å²) < 4.78 is 0. The van der Waals surface area contributed by atoms with Crippen LogP contribution < -0.4 is 11.5 Å². The molecule has 0 spiro atoms. The molecular weight excluding hydrogens is 255 g/mol. The monoisotopic (exact) mass is 274 g/mol. The molecule has 0 aromatic heterocycles. The summed E-state index contributed by atoms with van der Waals surface area (Å²) in [5, 5.41) is 0.718. The minimum Gasteiger partial charge on any atom is -0.398 e. The van der Waals surface area contributed by atoms with Gasteiger partial charge in [0.15, 0.2) is 0 Å². The van der Waals surface area contributed by atoms with Crippen molar-refractivity contribution in [3.05, 3.63) is 28.8 Å². The van der Waals surface area contributed by atoms with E-state index in [1.54, 1.807) is 0 Å². The molecule has 0 amide bonds. The number of hydrogen-bond acceptors (Lipinski definition) is 2. The standard InChI is InChI=1S/C13H19ClN2.ClH/c14-10-6-7-12(15)11(8-10)13(16)9-4-2-1-3-5-9;/h6-9,13H,1-5,15-16H2;1H/t13-;/m1./s1. The van der Waals surface area contributed by atoms with Crippen LogP contribution in [0.15, 0.2) is 18.2 Å². The molecule has 0 unspecified atom stereocenters. The fraction of sp³-hybridized carbons (Fsp3) is 0.538. The third-order valence-electron chi connectivity index (χ3n) is 3.57. The van der Waals surface area contributed by atoms with Crippen LogP contribution in [-0.4, -0.2) is 0 Å². The molecule has 0 heterocycles. The maximum atomic E-state index is 6.30. The normalized spacial score (nSPS) is 18.5. The van der Waals surface area contributed by atoms with Crippen LogP contribution in [-0.2, 0) is 0 Å². The third kappa shape index (κ3) is 3.51. The number of halogens is 2. The van der Waals surface area contributed by atoms with E-state index in [2.05, 4.69) is 0 Å². The maximum absolute atomic E-state index is 6.30. The summed E-state index contributed by atoms with van der Waals surface area (Å²) in [5.74, 6) is 0.564. The van der Waals surface area contributed by atoms with Gasteiger partial charge in [-0.15, -0.1) is 12.4 Å². The van der Waals surface area contributed by atoms with E-state index in [0.29, 0.717) is 5.92 Å². The van der Waals surface area contributed by atoms with Crippen LogP contribution in [0.2, 0.25) is 5.02 Å². The molecule has 96 valence electrons. The first-order chi connectivity index (χ1) is 7.68. The Balaban J connectivity index is 0.00000144. The Morgan fingerprint density at radius 1 is 1.18 bits per heavy atom. The van der Waals surface area contributed by atoms with Crippen molar-refractivity contribution in [1.82, 2.24) is 0 Å². The van der Waals surface area contributed by atoms with Crippen molar-refractivity contribution in [2.24, 2.45) is 11.7 Å². The van der Waals surface area contributed by atoms with E-state index in [9.17, 15) is 0 Å². The molecule has 0 radical (unpaired) electrons. The lowest BCUT2D eigenvalue weighted by Gasteiger charge is -2.28. The van der Waals surface area contributed by atoms with Gasteiger partial charge in [-0.2, -0.15) is 0 Å². The highest BCUT2D eigenvalue weighted by Crippen LogP contribution is 2.35. The van der Waals surface area contributed by atoms with Gasteiger partial charge < -0.3 is 11.5 Å². The highest BCUT2D eigenvalue weighted by atomic mass is 35.5. The molecule has 4 heteroatoms. The van der Waals surface area contributed by atoms with Crippen LogP contribution in [0.25, 0.3) is 0 Å². The fourth-order valence-electron chi connectivity index (χ4n) is 2.58. The predicted molar refractivity (Wildman–Crippen MR) is 76.6 cm³/mol. The Kier molecular flexibility index (Phi) is 5.57. The summed E-state index contributed by atoms with van der Waals surface area (Å²) in [6, 6.07) is 5.61. The Morgan fingerprint density at radius 2 is 1.82 bits per heavy atom. The second-order valence-electron chi connectivity index (χ2n) is 4.70. The zero-order valence-corrected chi connectivity index (χ0v) is 11.4. The molecule has 1 aromatic carbocycles. The summed E-state index contributed by atoms with van der Waals surface area (Å²) in [6.45, 7) is 0. The van der Waals surface area contributed by atoms with E-state index >= 15 is 0 Å². The highest BCUT2D eigenvalue weighted by molar-refractivity contribution is 6.30. The zero-order valence-electron chi connectivity index (χ0n) is 9.86. The van der Waals surface area contributed by atoms with Gasteiger partial charge in [-0.1, -0.05) is 30.9 Å². The van der Waals surface area contributed by atoms with Gasteiger partial charge in [0.1, 0.15) is 0 Å². The van der Waals surface area contributed by atoms with Crippen LogP contribution in [0.4, 0.5) is 5.69 Å². The first-order valence-corrected chi connectivity index (χ1v) is 6.37. The second-order valence-corrected chi connectivity index (χ2v) is 5.13. The lowest BCUT2D eigenvalue weighted by atomic mass is 9.81. The van der Waals surface area contributed by atoms with Gasteiger partial charge in [0.25, 0.3) is 0 Å². The predicted octanol–water partition coefficient (Wildman–Crippen LogP) is 3.92. The summed E-state index contributed by atoms with van der Waals surface area (Å²) in [7, 11) is 0. The molecule has 0 saturated heterocycles. The number of hydrogen-bond donors (Lipinski definition) is 2. The average molecular weight is 275 g/mol. The minimum absolute atomic E-state index is 0. The smallest absolute Gasteiger partial charge is 0.0410 e. The van der Waals surface area contributed by atoms with Crippen LogP contribution in [0.1, 0.15) is 43.7 Å². The topological polar surface area (TPSA) is 52.0 Å². The Hall–Kier alpha value is -0.440. The molecule has 1 aliphatic carbocycles. The molecule has 17 heavy (non-hydrogen) atoms. The van der Waals surface area contributed by atoms with Gasteiger partial charge in [0.2, 0.25) is 0 Å². The van der Waals surface area contributed by atoms with Gasteiger partial charge in [0.05, 0.1) is 0 Å². The number of rotatable bonds is 2. The van der Waals surface area contributed by atoms with E-state index in [1.807, 2.05) is 18.2 Å². The molecule has 0 bridgehead atoms. The lowest BCUT2D eigenvalue weighted by molar-refractivity contribution is 0.308. The SMILES string of the molecule is Cl.Nc1ccc(Cl)cc1[C@H](N)C1CCCCC1. The van der Waals surface area contributed by atoms with Crippen LogP contribution in [0, 0.1) is 5.92 Å². The Morgan fingerprint density at radius 3 is 2.47 bits per heavy atom. The van der Waals surface area contributed by atoms with Gasteiger partial charge in [-0.25, -0.2) is 0 Å². The third-order valence-corrected chi connectivity index (χ3v) is 3.80. The zero-order chi connectivity index (χ0) is 11.5. The average Bonchev–Trinajstić information content (AvgIpc) is 2.32. The highest BCUT2D eigenvalue weighted by Gasteiger charge is 2.23. The van der Waals surface area contributed by atoms with E-state index in [1.165, 1.54) is 32.1 Å². The summed E-state index contributed by atoms with van der Waals surface area (Å²) in [5.41, 5.74) is 14.0. The van der Waals surface area contributed by atoms with E-state index < -0.39 is 0 Å². The summed E-state index contributed by atoms with van der Waals surface area (Å²) in [6.07, 6.45) is 6.35. The van der Waals surface area contributed by atoms with Crippen LogP contribution in [0.3, 0.4) is 0 Å². The molecule has 0 aliphatic heterocycles. The number of nitrogens with two attached hydrogens (primary N) is 2. The van der Waals surface area contributed by atoms with Gasteiger partial charge in [0, 0.05) is 16.8 Å². The lowest BCUT2D eigenvalue weighted by Crippen LogP contribution is -2.24. The summed E-state index contributed by atoms with van der Waals surface area (Å²) in [4.78, 5) is 0. The minimum atomic E-state index is 0. The van der Waals surface area contributed by atoms with E-state index in [-0.39, 0.29) is 18.4 Å². The van der Waals surface area contributed by atoms with Crippen molar-refractivity contribution in [3.8, 4) is 0 Å². The van der Waals surface area contributed by atoms with Gasteiger partial charge in [-0.05, 0) is 42.5 Å². The molecular formula is C13H20Cl2N2. The fourth-order valence-corrected chi connectivity index (χ4v) is 2.76. The molecule has 1 atom stereocenters. The second kappa shape index (κ2) is 6.48. The van der Waals surface area contributed by atoms with Crippen molar-refractivity contribution >= 4 is 29.7 Å². The largest absolute Gasteiger partial charge is 0.398 e. The molecule has 1 aliphatic rings. The van der Waals surface area contributed by atoms with Gasteiger partial charge in [-0.3, -0.25) is 0 Å². The molecule has 2 rings (SSSR count). The van der Waals surface area contributed by atoms with E-state index in [4.69, 9.17) is 23.1 Å². The van der Waals surface area contributed by atoms with Crippen LogP contribution in [0.5, 0.6) is 0 Å².